The molecule has 0 aromatic carbocycles. The molecule has 0 saturated carbocycles. The van der Waals surface area contributed by atoms with Gasteiger partial charge in [-0.25, -0.2) is 0 Å². The lowest BCUT2D eigenvalue weighted by Crippen LogP contribution is -2.45. The van der Waals surface area contributed by atoms with Gasteiger partial charge in [-0.1, -0.05) is 13.8 Å². The van der Waals surface area contributed by atoms with E-state index >= 15 is 0 Å². The molecule has 0 aliphatic rings. The molecule has 0 spiro atoms. The van der Waals surface area contributed by atoms with E-state index in [9.17, 15) is 4.79 Å². The molecule has 0 aliphatic heterocycles. The van der Waals surface area contributed by atoms with E-state index in [2.05, 4.69) is 18.6 Å². The van der Waals surface area contributed by atoms with Gasteiger partial charge in [0.05, 0.1) is 7.11 Å². The van der Waals surface area contributed by atoms with Gasteiger partial charge >= 0.3 is 5.97 Å². The van der Waals surface area contributed by atoms with Gasteiger partial charge in [-0.05, 0) is 25.7 Å². The smallest absolute Gasteiger partial charge is 0.325 e. The van der Waals surface area contributed by atoms with Gasteiger partial charge in [-0.3, -0.25) is 4.79 Å². The number of nitrogens with two attached hydrogens (primary N) is 1. The Morgan fingerprint density at radius 3 is 2.42 bits per heavy atom. The molecule has 1 atom stereocenters. The highest BCUT2D eigenvalue weighted by Gasteiger charge is 2.28. The summed E-state index contributed by atoms with van der Waals surface area (Å²) >= 11 is 0. The van der Waals surface area contributed by atoms with Crippen molar-refractivity contribution < 1.29 is 9.53 Å². The molecule has 0 aromatic heterocycles. The number of rotatable bonds is 4. The third kappa shape index (κ3) is 3.72. The lowest BCUT2D eigenvalue weighted by Gasteiger charge is -2.21. The van der Waals surface area contributed by atoms with E-state index in [1.807, 2.05) is 0 Å². The van der Waals surface area contributed by atoms with Gasteiger partial charge in [0, 0.05) is 0 Å². The molecule has 3 heteroatoms. The molecule has 0 bridgehead atoms. The fraction of sp³-hybridized carbons (Fsp3) is 0.889. The Labute approximate surface area is 74.3 Å². The summed E-state index contributed by atoms with van der Waals surface area (Å²) in [6, 6.07) is 0. The SMILES string of the molecule is COC(=O)[C@](C)(N)CCC(C)C. The summed E-state index contributed by atoms with van der Waals surface area (Å²) < 4.78 is 4.58. The van der Waals surface area contributed by atoms with Crippen LogP contribution in [0.5, 0.6) is 0 Å². The minimum atomic E-state index is -0.820. The van der Waals surface area contributed by atoms with Gasteiger partial charge in [0.2, 0.25) is 0 Å². The Kier molecular flexibility index (Phi) is 4.24. The van der Waals surface area contributed by atoms with Gasteiger partial charge in [0.1, 0.15) is 5.54 Å². The number of carbonyl (C=O) groups excluding carboxylic acids is 1. The predicted molar refractivity (Wildman–Crippen MR) is 48.7 cm³/mol. The summed E-state index contributed by atoms with van der Waals surface area (Å²) in [7, 11) is 1.36. The molecule has 3 nitrogen and oxygen atoms in total. The van der Waals surface area contributed by atoms with Crippen LogP contribution in [0, 0.1) is 5.92 Å². The van der Waals surface area contributed by atoms with E-state index in [-0.39, 0.29) is 5.97 Å². The normalized spacial score (nSPS) is 15.8. The number of ether oxygens (including phenoxy) is 1. The molecule has 2 N–H and O–H groups in total. The van der Waals surface area contributed by atoms with Crippen molar-refractivity contribution in [2.45, 2.75) is 39.2 Å². The average Bonchev–Trinajstić information content (AvgIpc) is 1.99. The van der Waals surface area contributed by atoms with E-state index in [0.717, 1.165) is 6.42 Å². The fourth-order valence-electron chi connectivity index (χ4n) is 0.924. The molecular formula is C9H19NO2. The lowest BCUT2D eigenvalue weighted by molar-refractivity contribution is -0.146. The summed E-state index contributed by atoms with van der Waals surface area (Å²) in [6.45, 7) is 5.92. The van der Waals surface area contributed by atoms with Crippen LogP contribution in [0.4, 0.5) is 0 Å². The summed E-state index contributed by atoms with van der Waals surface area (Å²) in [4.78, 5) is 11.1. The molecule has 0 saturated heterocycles. The lowest BCUT2D eigenvalue weighted by atomic mass is 9.93. The molecule has 0 amide bonds. The van der Waals surface area contributed by atoms with Crippen LogP contribution in [-0.2, 0) is 9.53 Å². The highest BCUT2D eigenvalue weighted by Crippen LogP contribution is 2.14. The summed E-state index contributed by atoms with van der Waals surface area (Å²) in [5.74, 6) is 0.237. The van der Waals surface area contributed by atoms with Crippen molar-refractivity contribution in [3.05, 3.63) is 0 Å². The molecule has 0 rings (SSSR count). The molecule has 0 radical (unpaired) electrons. The zero-order valence-corrected chi connectivity index (χ0v) is 8.39. The van der Waals surface area contributed by atoms with E-state index in [1.165, 1.54) is 7.11 Å². The summed E-state index contributed by atoms with van der Waals surface area (Å²) in [5.41, 5.74) is 4.92. The second kappa shape index (κ2) is 4.45. The van der Waals surface area contributed by atoms with Crippen LogP contribution in [0.3, 0.4) is 0 Å². The zero-order chi connectivity index (χ0) is 9.78. The second-order valence-electron chi connectivity index (χ2n) is 3.84. The van der Waals surface area contributed by atoms with Crippen molar-refractivity contribution in [3.8, 4) is 0 Å². The first kappa shape index (κ1) is 11.4. The van der Waals surface area contributed by atoms with Crippen LogP contribution in [0.15, 0.2) is 0 Å². The van der Waals surface area contributed by atoms with Crippen LogP contribution in [0.1, 0.15) is 33.6 Å². The molecule has 72 valence electrons. The van der Waals surface area contributed by atoms with E-state index in [0.29, 0.717) is 12.3 Å². The van der Waals surface area contributed by atoms with E-state index in [4.69, 9.17) is 5.73 Å². The molecular weight excluding hydrogens is 154 g/mol. The summed E-state index contributed by atoms with van der Waals surface area (Å²) in [6.07, 6.45) is 1.62. The van der Waals surface area contributed by atoms with Crippen LogP contribution in [0.2, 0.25) is 0 Å². The van der Waals surface area contributed by atoms with Crippen molar-refractivity contribution >= 4 is 5.97 Å². The van der Waals surface area contributed by atoms with Crippen LogP contribution >= 0.6 is 0 Å². The number of hydrogen-bond donors (Lipinski definition) is 1. The monoisotopic (exact) mass is 173 g/mol. The highest BCUT2D eigenvalue weighted by atomic mass is 16.5. The van der Waals surface area contributed by atoms with Crippen molar-refractivity contribution in [2.24, 2.45) is 11.7 Å². The third-order valence-corrected chi connectivity index (χ3v) is 1.89. The molecule has 0 fully saturated rings. The topological polar surface area (TPSA) is 52.3 Å². The maximum absolute atomic E-state index is 11.1. The van der Waals surface area contributed by atoms with Gasteiger partial charge in [0.15, 0.2) is 0 Å². The Bertz CT molecular complexity index is 153. The number of hydrogen-bond acceptors (Lipinski definition) is 3. The van der Waals surface area contributed by atoms with Gasteiger partial charge in [0.25, 0.3) is 0 Å². The number of carbonyl (C=O) groups is 1. The first-order valence-electron chi connectivity index (χ1n) is 4.27. The molecule has 0 aromatic rings. The minimum Gasteiger partial charge on any atom is -0.468 e. The van der Waals surface area contributed by atoms with Crippen LogP contribution in [-0.4, -0.2) is 18.6 Å². The van der Waals surface area contributed by atoms with Gasteiger partial charge < -0.3 is 10.5 Å². The second-order valence-corrected chi connectivity index (χ2v) is 3.84. The summed E-state index contributed by atoms with van der Waals surface area (Å²) in [5, 5.41) is 0. The van der Waals surface area contributed by atoms with Crippen molar-refractivity contribution in [2.75, 3.05) is 7.11 Å². The first-order chi connectivity index (χ1) is 5.40. The first-order valence-corrected chi connectivity index (χ1v) is 4.27. The minimum absolute atomic E-state index is 0.330. The fourth-order valence-corrected chi connectivity index (χ4v) is 0.924. The molecule has 0 unspecified atom stereocenters. The predicted octanol–water partition coefficient (Wildman–Crippen LogP) is 1.31. The third-order valence-electron chi connectivity index (χ3n) is 1.89. The number of esters is 1. The van der Waals surface area contributed by atoms with Crippen LogP contribution < -0.4 is 5.73 Å². The van der Waals surface area contributed by atoms with Gasteiger partial charge in [-0.15, -0.1) is 0 Å². The Morgan fingerprint density at radius 1 is 1.58 bits per heavy atom. The molecule has 12 heavy (non-hydrogen) atoms. The van der Waals surface area contributed by atoms with E-state index in [1.54, 1.807) is 6.92 Å². The standard InChI is InChI=1S/C9H19NO2/c1-7(2)5-6-9(3,10)8(11)12-4/h7H,5-6,10H2,1-4H3/t9-/m1/s1. The Balaban J connectivity index is 3.95. The van der Waals surface area contributed by atoms with Crippen molar-refractivity contribution in [1.82, 2.24) is 0 Å². The molecule has 0 heterocycles. The average molecular weight is 173 g/mol. The van der Waals surface area contributed by atoms with E-state index < -0.39 is 5.54 Å². The van der Waals surface area contributed by atoms with Crippen molar-refractivity contribution in [1.29, 1.82) is 0 Å². The van der Waals surface area contributed by atoms with Crippen LogP contribution in [0.25, 0.3) is 0 Å². The molecule has 0 aliphatic carbocycles. The Hall–Kier alpha value is -0.570. The van der Waals surface area contributed by atoms with Gasteiger partial charge in [-0.2, -0.15) is 0 Å². The quantitative estimate of drug-likeness (QED) is 0.652. The zero-order valence-electron chi connectivity index (χ0n) is 8.39. The Morgan fingerprint density at radius 2 is 2.08 bits per heavy atom. The maximum atomic E-state index is 11.1. The highest BCUT2D eigenvalue weighted by molar-refractivity contribution is 5.79. The van der Waals surface area contributed by atoms with Crippen molar-refractivity contribution in [3.63, 3.8) is 0 Å². The maximum Gasteiger partial charge on any atom is 0.325 e. The largest absolute Gasteiger partial charge is 0.468 e. The number of methoxy groups -OCH3 is 1.